The van der Waals surface area contributed by atoms with Crippen LogP contribution in [0.2, 0.25) is 5.02 Å². The Balaban J connectivity index is 1.11. The molecule has 2 aromatic heterocycles. The number of fused-ring (bicyclic) bond motifs is 1. The second-order valence-electron chi connectivity index (χ2n) is 10.8. The predicted molar refractivity (Wildman–Crippen MR) is 155 cm³/mol. The number of benzene rings is 2. The number of carbonyl (C=O) groups is 1. The van der Waals surface area contributed by atoms with E-state index in [4.69, 9.17) is 17.1 Å². The predicted octanol–water partition coefficient (Wildman–Crippen LogP) is 5.71. The number of likely N-dealkylation sites (tertiary alicyclic amines) is 2. The third-order valence-electron chi connectivity index (χ3n) is 8.32. The van der Waals surface area contributed by atoms with Crippen molar-refractivity contribution in [2.75, 3.05) is 26.2 Å². The molecule has 0 bridgehead atoms. The van der Waals surface area contributed by atoms with Gasteiger partial charge in [-0.1, -0.05) is 11.6 Å². The zero-order valence-electron chi connectivity index (χ0n) is 22.5. The number of halogens is 2. The van der Waals surface area contributed by atoms with E-state index in [1.807, 2.05) is 21.6 Å². The molecule has 41 heavy (non-hydrogen) atoms. The van der Waals surface area contributed by atoms with Gasteiger partial charge < -0.3 is 15.5 Å². The number of carbonyl (C=O) groups excluding carboxylic acids is 1. The van der Waals surface area contributed by atoms with Gasteiger partial charge in [-0.2, -0.15) is 0 Å². The number of amides is 1. The lowest BCUT2D eigenvalue weighted by molar-refractivity contribution is -0.138. The molecule has 9 nitrogen and oxygen atoms in total. The summed E-state index contributed by atoms with van der Waals surface area (Å²) in [5, 5.41) is 3.68. The van der Waals surface area contributed by atoms with Crippen molar-refractivity contribution in [1.82, 2.24) is 23.9 Å². The van der Waals surface area contributed by atoms with Gasteiger partial charge in [-0.05, 0) is 98.9 Å². The fraction of sp³-hybridized carbons (Fsp3) is 0.367. The lowest BCUT2D eigenvalue weighted by atomic mass is 9.93. The van der Waals surface area contributed by atoms with Crippen LogP contribution >= 0.6 is 11.6 Å². The number of piperidine rings is 2. The standard InChI is InChI=1S/C30H30ClFN7O2/c31-22-1-6-26-27(18-22)39(24-4-2-23(32)3-5-24)30(41)38(26)25-10-15-37(16-11-25)29(40)21-8-13-36(14-9-21)19-20-7-12-34-28(17-20)35-33/h1-7,12,17-18,21,25H,8-11,13-16,19H2/q-1. The largest absolute Gasteiger partial charge is 0.705 e. The summed E-state index contributed by atoms with van der Waals surface area (Å²) >= 11 is 6.29. The summed E-state index contributed by atoms with van der Waals surface area (Å²) in [5.74, 6) is 0.116. The summed E-state index contributed by atoms with van der Waals surface area (Å²) in [5.41, 5.74) is 11.8. The summed E-state index contributed by atoms with van der Waals surface area (Å²) in [7, 11) is 0. The zero-order chi connectivity index (χ0) is 28.5. The molecule has 0 spiro atoms. The van der Waals surface area contributed by atoms with Crippen LogP contribution in [0.5, 0.6) is 0 Å². The second kappa shape index (κ2) is 11.5. The average molecular weight is 575 g/mol. The molecule has 11 heteroatoms. The first-order chi connectivity index (χ1) is 19.9. The Morgan fingerprint density at radius 2 is 1.71 bits per heavy atom. The van der Waals surface area contributed by atoms with Gasteiger partial charge in [0.15, 0.2) is 0 Å². The van der Waals surface area contributed by atoms with E-state index in [2.05, 4.69) is 15.0 Å². The maximum Gasteiger partial charge on any atom is 0.333 e. The quantitative estimate of drug-likeness (QED) is 0.275. The van der Waals surface area contributed by atoms with Crippen molar-refractivity contribution in [3.8, 4) is 5.69 Å². The van der Waals surface area contributed by atoms with Gasteiger partial charge in [-0.25, -0.2) is 14.2 Å². The van der Waals surface area contributed by atoms with Crippen LogP contribution in [-0.2, 0) is 11.3 Å². The van der Waals surface area contributed by atoms with Crippen LogP contribution in [0.15, 0.2) is 70.7 Å². The van der Waals surface area contributed by atoms with Crippen molar-refractivity contribution in [1.29, 1.82) is 0 Å². The van der Waals surface area contributed by atoms with Crippen LogP contribution in [0.25, 0.3) is 22.3 Å². The molecule has 4 heterocycles. The molecule has 0 unspecified atom stereocenters. The van der Waals surface area contributed by atoms with E-state index in [1.165, 1.54) is 12.1 Å². The zero-order valence-corrected chi connectivity index (χ0v) is 23.3. The molecule has 2 saturated heterocycles. The molecule has 0 aliphatic carbocycles. The molecule has 212 valence electrons. The first-order valence-corrected chi connectivity index (χ1v) is 14.3. The number of hydrogen-bond donors (Lipinski definition) is 0. The molecule has 0 atom stereocenters. The summed E-state index contributed by atoms with van der Waals surface area (Å²) in [6.45, 7) is 3.56. The third-order valence-corrected chi connectivity index (χ3v) is 8.55. The molecule has 2 aliphatic rings. The molecule has 0 saturated carbocycles. The van der Waals surface area contributed by atoms with Crippen molar-refractivity contribution < 1.29 is 9.18 Å². The maximum absolute atomic E-state index is 13.7. The molecule has 2 fully saturated rings. The van der Waals surface area contributed by atoms with E-state index in [0.717, 1.165) is 43.6 Å². The summed E-state index contributed by atoms with van der Waals surface area (Å²) in [4.78, 5) is 35.4. The fourth-order valence-corrected chi connectivity index (χ4v) is 6.36. The maximum atomic E-state index is 13.7. The van der Waals surface area contributed by atoms with E-state index >= 15 is 0 Å². The Hall–Kier alpha value is -3.89. The van der Waals surface area contributed by atoms with E-state index in [0.29, 0.717) is 48.0 Å². The number of imidazole rings is 1. The Morgan fingerprint density at radius 3 is 2.41 bits per heavy atom. The van der Waals surface area contributed by atoms with Gasteiger partial charge in [0.25, 0.3) is 0 Å². The van der Waals surface area contributed by atoms with Crippen molar-refractivity contribution in [2.24, 2.45) is 11.0 Å². The lowest BCUT2D eigenvalue weighted by Crippen LogP contribution is -2.46. The topological polar surface area (TPSA) is 98.0 Å². The highest BCUT2D eigenvalue weighted by molar-refractivity contribution is 6.31. The number of aromatic nitrogens is 3. The number of rotatable bonds is 6. The summed E-state index contributed by atoms with van der Waals surface area (Å²) < 4.78 is 17.0. The molecule has 0 radical (unpaired) electrons. The van der Waals surface area contributed by atoms with Gasteiger partial charge in [0.1, 0.15) is 11.6 Å². The van der Waals surface area contributed by atoms with Crippen molar-refractivity contribution in [3.63, 3.8) is 0 Å². The first-order valence-electron chi connectivity index (χ1n) is 13.9. The third kappa shape index (κ3) is 5.54. The Morgan fingerprint density at radius 1 is 0.976 bits per heavy atom. The second-order valence-corrected chi connectivity index (χ2v) is 11.3. The molecule has 2 aromatic carbocycles. The SMILES string of the molecule is [N-]=Nc1cc(CN2CCC(C(=O)N3CCC(n4c(=O)n(-c5ccc(F)cc5)c5cc(Cl)ccc54)CC3)CC2)ccn1. The molecule has 4 aromatic rings. The van der Waals surface area contributed by atoms with Crippen LogP contribution in [-0.4, -0.2) is 56.0 Å². The minimum Gasteiger partial charge on any atom is -0.705 e. The van der Waals surface area contributed by atoms with Gasteiger partial charge in [0.05, 0.1) is 16.7 Å². The normalized spacial score (nSPS) is 17.3. The molecule has 0 N–H and O–H groups in total. The molecule has 1 amide bonds. The minimum atomic E-state index is -0.368. The van der Waals surface area contributed by atoms with Crippen LogP contribution in [0, 0.1) is 11.7 Å². The van der Waals surface area contributed by atoms with Crippen molar-refractivity contribution in [3.05, 3.63) is 93.2 Å². The molecule has 6 rings (SSSR count). The highest BCUT2D eigenvalue weighted by atomic mass is 35.5. The Kier molecular flexibility index (Phi) is 7.68. The number of nitrogens with zero attached hydrogens (tertiary/aromatic N) is 7. The molecular weight excluding hydrogens is 545 g/mol. The lowest BCUT2D eigenvalue weighted by Gasteiger charge is -2.37. The highest BCUT2D eigenvalue weighted by Gasteiger charge is 2.32. The monoisotopic (exact) mass is 574 g/mol. The number of hydrogen-bond acceptors (Lipinski definition) is 5. The molecule has 2 aliphatic heterocycles. The average Bonchev–Trinajstić information content (AvgIpc) is 3.28. The van der Waals surface area contributed by atoms with Gasteiger partial charge in [-0.15, -0.1) is 0 Å². The van der Waals surface area contributed by atoms with Crippen molar-refractivity contribution in [2.45, 2.75) is 38.3 Å². The van der Waals surface area contributed by atoms with Gasteiger partial charge in [0.2, 0.25) is 5.91 Å². The summed E-state index contributed by atoms with van der Waals surface area (Å²) in [6, 6.07) is 14.9. The Bertz CT molecular complexity index is 1640. The molecular formula is C30H30ClFN7O2-. The van der Waals surface area contributed by atoms with Gasteiger partial charge in [-0.3, -0.25) is 18.8 Å². The van der Waals surface area contributed by atoms with Gasteiger partial charge in [0, 0.05) is 42.8 Å². The van der Waals surface area contributed by atoms with Crippen molar-refractivity contribution >= 4 is 34.4 Å². The fourth-order valence-electron chi connectivity index (χ4n) is 6.20. The van der Waals surface area contributed by atoms with E-state index in [-0.39, 0.29) is 29.4 Å². The van der Waals surface area contributed by atoms with E-state index < -0.39 is 0 Å². The summed E-state index contributed by atoms with van der Waals surface area (Å²) in [6.07, 6.45) is 4.58. The van der Waals surface area contributed by atoms with Crippen LogP contribution in [0.3, 0.4) is 0 Å². The minimum absolute atomic E-state index is 0.00602. The van der Waals surface area contributed by atoms with Gasteiger partial charge >= 0.3 is 5.69 Å². The van der Waals surface area contributed by atoms with Crippen LogP contribution in [0.4, 0.5) is 10.2 Å². The van der Waals surface area contributed by atoms with E-state index in [9.17, 15) is 14.0 Å². The van der Waals surface area contributed by atoms with E-state index in [1.54, 1.807) is 41.1 Å². The van der Waals surface area contributed by atoms with Crippen LogP contribution in [0.1, 0.15) is 37.3 Å². The highest BCUT2D eigenvalue weighted by Crippen LogP contribution is 2.30. The smallest absolute Gasteiger partial charge is 0.333 e. The first kappa shape index (κ1) is 27.3. The number of pyridine rings is 1. The Labute approximate surface area is 241 Å². The van der Waals surface area contributed by atoms with Crippen LogP contribution < -0.4 is 5.69 Å².